The lowest BCUT2D eigenvalue weighted by Crippen LogP contribution is -2.03. The highest BCUT2D eigenvalue weighted by Gasteiger charge is 2.05. The van der Waals surface area contributed by atoms with Gasteiger partial charge in [-0.15, -0.1) is 11.3 Å². The number of carbonyl (C=O) groups excluding carboxylic acids is 1. The van der Waals surface area contributed by atoms with Crippen LogP contribution in [0.5, 0.6) is 0 Å². The number of anilines is 1. The van der Waals surface area contributed by atoms with Crippen molar-refractivity contribution in [1.29, 1.82) is 0 Å². The number of nitrogens with one attached hydrogen (secondary N) is 1. The van der Waals surface area contributed by atoms with Crippen LogP contribution >= 0.6 is 11.3 Å². The van der Waals surface area contributed by atoms with E-state index in [1.807, 2.05) is 0 Å². The van der Waals surface area contributed by atoms with E-state index in [4.69, 9.17) is 5.11 Å². The second-order valence-electron chi connectivity index (χ2n) is 6.83. The molecule has 1 aromatic rings. The van der Waals surface area contributed by atoms with Gasteiger partial charge in [0.25, 0.3) is 0 Å². The van der Waals surface area contributed by atoms with E-state index in [0.29, 0.717) is 12.1 Å². The smallest absolute Gasteiger partial charge is 0.309 e. The molecular formula is C21H34N2O3S. The number of carboxylic acid groups (broad SMARTS) is 1. The molecule has 0 radical (unpaired) electrons. The van der Waals surface area contributed by atoms with Crippen LogP contribution in [0.15, 0.2) is 17.5 Å². The van der Waals surface area contributed by atoms with Crippen molar-refractivity contribution in [3.05, 3.63) is 23.2 Å². The molecule has 0 atom stereocenters. The van der Waals surface area contributed by atoms with Crippen LogP contribution in [0.2, 0.25) is 0 Å². The fourth-order valence-corrected chi connectivity index (χ4v) is 3.56. The van der Waals surface area contributed by atoms with Gasteiger partial charge in [0.05, 0.1) is 12.1 Å². The first-order valence-corrected chi connectivity index (χ1v) is 11.1. The lowest BCUT2D eigenvalue weighted by atomic mass is 10.1. The summed E-state index contributed by atoms with van der Waals surface area (Å²) >= 11 is 1.47. The van der Waals surface area contributed by atoms with Crippen molar-refractivity contribution in [2.75, 3.05) is 11.9 Å². The lowest BCUT2D eigenvalue weighted by Gasteiger charge is -2.03. The predicted molar refractivity (Wildman–Crippen MR) is 113 cm³/mol. The summed E-state index contributed by atoms with van der Waals surface area (Å²) in [6.07, 6.45) is 19.5. The number of aromatic nitrogens is 1. The van der Waals surface area contributed by atoms with Gasteiger partial charge in [-0.1, -0.05) is 44.3 Å². The van der Waals surface area contributed by atoms with E-state index in [9.17, 15) is 9.59 Å². The van der Waals surface area contributed by atoms with Crippen LogP contribution < -0.4 is 5.32 Å². The molecular weight excluding hydrogens is 360 g/mol. The highest BCUT2D eigenvalue weighted by atomic mass is 32.1. The number of hydrogen-bond donors (Lipinski definition) is 2. The molecule has 1 aromatic heterocycles. The molecule has 152 valence electrons. The normalized spacial score (nSPS) is 11.1. The van der Waals surface area contributed by atoms with E-state index in [0.717, 1.165) is 43.6 Å². The van der Waals surface area contributed by atoms with Gasteiger partial charge in [0.1, 0.15) is 6.29 Å². The first-order chi connectivity index (χ1) is 13.2. The minimum absolute atomic E-state index is 0.00519. The van der Waals surface area contributed by atoms with Gasteiger partial charge in [-0.2, -0.15) is 0 Å². The standard InChI is InChI=1S/C21H34N2O3S/c24-16-14-12-10-8-6-4-2-1-3-5-7-9-11-13-15-22-21-23-19(18-27-21)17-20(25)26/h2,4,16,18H,1,3,5-15,17H2,(H,22,23)(H,25,26)/b4-2+. The second kappa shape index (κ2) is 16.5. The van der Waals surface area contributed by atoms with Crippen molar-refractivity contribution in [2.45, 2.75) is 83.5 Å². The van der Waals surface area contributed by atoms with Gasteiger partial charge in [0.15, 0.2) is 5.13 Å². The van der Waals surface area contributed by atoms with Crippen LogP contribution in [0, 0.1) is 0 Å². The molecule has 0 saturated heterocycles. The van der Waals surface area contributed by atoms with Crippen LogP contribution in [-0.4, -0.2) is 28.9 Å². The zero-order chi connectivity index (χ0) is 19.6. The third kappa shape index (κ3) is 14.1. The fourth-order valence-electron chi connectivity index (χ4n) is 2.82. The van der Waals surface area contributed by atoms with Crippen LogP contribution in [0.3, 0.4) is 0 Å². The molecule has 0 aromatic carbocycles. The van der Waals surface area contributed by atoms with Crippen molar-refractivity contribution in [3.8, 4) is 0 Å². The molecule has 1 rings (SSSR count). The Bertz CT molecular complexity index is 543. The number of allylic oxidation sites excluding steroid dienone is 2. The Morgan fingerprint density at radius 1 is 0.963 bits per heavy atom. The number of carboxylic acids is 1. The molecule has 0 bridgehead atoms. The van der Waals surface area contributed by atoms with E-state index in [-0.39, 0.29) is 6.42 Å². The van der Waals surface area contributed by atoms with Crippen molar-refractivity contribution in [2.24, 2.45) is 0 Å². The molecule has 0 spiro atoms. The Kier molecular flexibility index (Phi) is 14.3. The lowest BCUT2D eigenvalue weighted by molar-refractivity contribution is -0.136. The Morgan fingerprint density at radius 3 is 2.22 bits per heavy atom. The molecule has 1 heterocycles. The van der Waals surface area contributed by atoms with Crippen molar-refractivity contribution < 1.29 is 14.7 Å². The molecule has 0 fully saturated rings. The van der Waals surface area contributed by atoms with Crippen molar-refractivity contribution in [3.63, 3.8) is 0 Å². The van der Waals surface area contributed by atoms with Gasteiger partial charge in [-0.3, -0.25) is 4.79 Å². The molecule has 0 unspecified atom stereocenters. The Labute approximate surface area is 167 Å². The summed E-state index contributed by atoms with van der Waals surface area (Å²) in [6, 6.07) is 0. The van der Waals surface area contributed by atoms with Gasteiger partial charge in [-0.25, -0.2) is 4.98 Å². The number of rotatable bonds is 18. The fraction of sp³-hybridized carbons (Fsp3) is 0.667. The van der Waals surface area contributed by atoms with Crippen LogP contribution in [0.4, 0.5) is 5.13 Å². The maximum absolute atomic E-state index is 10.6. The number of nitrogens with zero attached hydrogens (tertiary/aromatic N) is 1. The van der Waals surface area contributed by atoms with E-state index in [1.54, 1.807) is 5.38 Å². The minimum Gasteiger partial charge on any atom is -0.481 e. The Hall–Kier alpha value is -1.69. The summed E-state index contributed by atoms with van der Waals surface area (Å²) in [5.41, 5.74) is 0.627. The summed E-state index contributed by atoms with van der Waals surface area (Å²) in [7, 11) is 0. The first-order valence-electron chi connectivity index (χ1n) is 10.2. The number of aliphatic carboxylic acids is 1. The van der Waals surface area contributed by atoms with Crippen LogP contribution in [-0.2, 0) is 16.0 Å². The van der Waals surface area contributed by atoms with E-state index < -0.39 is 5.97 Å². The number of thiazole rings is 1. The minimum atomic E-state index is -0.839. The summed E-state index contributed by atoms with van der Waals surface area (Å²) in [6.45, 7) is 0.898. The molecule has 0 saturated carbocycles. The zero-order valence-electron chi connectivity index (χ0n) is 16.3. The summed E-state index contributed by atoms with van der Waals surface area (Å²) in [5.74, 6) is -0.839. The third-order valence-electron chi connectivity index (χ3n) is 4.32. The predicted octanol–water partition coefficient (Wildman–Crippen LogP) is 5.62. The molecule has 27 heavy (non-hydrogen) atoms. The van der Waals surface area contributed by atoms with E-state index >= 15 is 0 Å². The number of aldehydes is 1. The zero-order valence-corrected chi connectivity index (χ0v) is 17.1. The maximum Gasteiger partial charge on any atom is 0.309 e. The monoisotopic (exact) mass is 394 g/mol. The number of hydrogen-bond acceptors (Lipinski definition) is 5. The molecule has 0 aliphatic rings. The molecule has 6 heteroatoms. The molecule has 0 aliphatic carbocycles. The van der Waals surface area contributed by atoms with Crippen LogP contribution in [0.25, 0.3) is 0 Å². The second-order valence-corrected chi connectivity index (χ2v) is 7.69. The summed E-state index contributed by atoms with van der Waals surface area (Å²) < 4.78 is 0. The number of carbonyl (C=O) groups is 2. The van der Waals surface area contributed by atoms with Gasteiger partial charge in [0.2, 0.25) is 0 Å². The average molecular weight is 395 g/mol. The first kappa shape index (κ1) is 23.3. The molecule has 2 N–H and O–H groups in total. The van der Waals surface area contributed by atoms with Crippen molar-refractivity contribution >= 4 is 28.7 Å². The Balaban J connectivity index is 1.84. The maximum atomic E-state index is 10.6. The highest BCUT2D eigenvalue weighted by molar-refractivity contribution is 7.13. The topological polar surface area (TPSA) is 79.3 Å². The largest absolute Gasteiger partial charge is 0.481 e. The van der Waals surface area contributed by atoms with E-state index in [2.05, 4.69) is 22.5 Å². The summed E-state index contributed by atoms with van der Waals surface area (Å²) in [4.78, 5) is 25.1. The third-order valence-corrected chi connectivity index (χ3v) is 5.17. The van der Waals surface area contributed by atoms with Gasteiger partial charge in [0, 0.05) is 18.3 Å². The van der Waals surface area contributed by atoms with Crippen molar-refractivity contribution in [1.82, 2.24) is 4.98 Å². The Morgan fingerprint density at radius 2 is 1.56 bits per heavy atom. The SMILES string of the molecule is O=CCCCCC/C=C/CCCCCCCCNc1nc(CC(=O)O)cs1. The molecule has 0 amide bonds. The van der Waals surface area contributed by atoms with Gasteiger partial charge >= 0.3 is 5.97 Å². The number of unbranched alkanes of at least 4 members (excludes halogenated alkanes) is 10. The highest BCUT2D eigenvalue weighted by Crippen LogP contribution is 2.16. The van der Waals surface area contributed by atoms with E-state index in [1.165, 1.54) is 56.3 Å². The van der Waals surface area contributed by atoms with Crippen LogP contribution in [0.1, 0.15) is 82.7 Å². The summed E-state index contributed by atoms with van der Waals surface area (Å²) in [5, 5.41) is 14.6. The average Bonchev–Trinajstić information content (AvgIpc) is 3.08. The molecule has 0 aliphatic heterocycles. The van der Waals surface area contributed by atoms with Gasteiger partial charge < -0.3 is 15.2 Å². The molecule has 5 nitrogen and oxygen atoms in total. The van der Waals surface area contributed by atoms with Gasteiger partial charge in [-0.05, 0) is 38.5 Å². The quantitative estimate of drug-likeness (QED) is 0.192.